The summed E-state index contributed by atoms with van der Waals surface area (Å²) in [5.41, 5.74) is 0.224. The Kier molecular flexibility index (Phi) is 4.17. The van der Waals surface area contributed by atoms with Crippen LogP contribution in [0.4, 0.5) is 8.78 Å². The van der Waals surface area contributed by atoms with Crippen molar-refractivity contribution in [1.29, 1.82) is 0 Å². The number of likely N-dealkylation sites (tertiary alicyclic amines) is 1. The number of alkyl halides is 1. The molecule has 1 amide bonds. The summed E-state index contributed by atoms with van der Waals surface area (Å²) in [5.74, 6) is -1.06. The van der Waals surface area contributed by atoms with Crippen molar-refractivity contribution in [3.05, 3.63) is 35.4 Å². The molecule has 0 spiro atoms. The van der Waals surface area contributed by atoms with E-state index in [9.17, 15) is 13.6 Å². The summed E-state index contributed by atoms with van der Waals surface area (Å²) in [4.78, 5) is 13.7. The van der Waals surface area contributed by atoms with Crippen molar-refractivity contribution in [2.75, 3.05) is 12.4 Å². The van der Waals surface area contributed by atoms with E-state index in [2.05, 4.69) is 0 Å². The first-order chi connectivity index (χ1) is 8.61. The van der Waals surface area contributed by atoms with Gasteiger partial charge in [0.25, 0.3) is 0 Å². The van der Waals surface area contributed by atoms with Crippen LogP contribution >= 0.6 is 11.6 Å². The topological polar surface area (TPSA) is 20.3 Å². The summed E-state index contributed by atoms with van der Waals surface area (Å²) in [6.07, 6.45) is 1.77. The van der Waals surface area contributed by atoms with Crippen molar-refractivity contribution in [1.82, 2.24) is 4.90 Å². The molecule has 98 valence electrons. The van der Waals surface area contributed by atoms with Gasteiger partial charge < -0.3 is 4.90 Å². The Bertz CT molecular complexity index is 453. The van der Waals surface area contributed by atoms with E-state index >= 15 is 0 Å². The highest BCUT2D eigenvalue weighted by Gasteiger charge is 2.28. The highest BCUT2D eigenvalue weighted by Crippen LogP contribution is 2.20. The van der Waals surface area contributed by atoms with Gasteiger partial charge in [0, 0.05) is 24.5 Å². The number of nitrogens with zero attached hydrogens (tertiary/aromatic N) is 1. The Morgan fingerprint density at radius 1 is 1.44 bits per heavy atom. The third-order valence-corrected chi connectivity index (χ3v) is 3.59. The van der Waals surface area contributed by atoms with E-state index in [1.165, 1.54) is 6.07 Å². The molecule has 18 heavy (non-hydrogen) atoms. The van der Waals surface area contributed by atoms with E-state index in [1.54, 1.807) is 4.90 Å². The highest BCUT2D eigenvalue weighted by atomic mass is 35.5. The molecule has 1 aliphatic rings. The first kappa shape index (κ1) is 13.3. The minimum Gasteiger partial charge on any atom is -0.338 e. The van der Waals surface area contributed by atoms with Crippen LogP contribution in [0.5, 0.6) is 0 Å². The predicted molar refractivity (Wildman–Crippen MR) is 65.5 cm³/mol. The zero-order valence-electron chi connectivity index (χ0n) is 9.83. The maximum absolute atomic E-state index is 13.4. The van der Waals surface area contributed by atoms with Gasteiger partial charge in [0.05, 0.1) is 6.42 Å². The first-order valence-corrected chi connectivity index (χ1v) is 6.44. The number of carbonyl (C=O) groups is 1. The lowest BCUT2D eigenvalue weighted by Crippen LogP contribution is -2.37. The molecule has 1 atom stereocenters. The predicted octanol–water partition coefficient (Wildman–Crippen LogP) is 2.74. The van der Waals surface area contributed by atoms with Crippen molar-refractivity contribution in [3.63, 3.8) is 0 Å². The van der Waals surface area contributed by atoms with Crippen LogP contribution in [0.15, 0.2) is 18.2 Å². The van der Waals surface area contributed by atoms with Gasteiger partial charge in [-0.3, -0.25) is 4.79 Å². The SMILES string of the molecule is O=C(Cc1ccc(F)cc1F)N1CCCC1CCl. The van der Waals surface area contributed by atoms with Gasteiger partial charge >= 0.3 is 0 Å². The van der Waals surface area contributed by atoms with Gasteiger partial charge in [0.15, 0.2) is 0 Å². The van der Waals surface area contributed by atoms with E-state index in [1.807, 2.05) is 0 Å². The average molecular weight is 274 g/mol. The molecule has 0 saturated carbocycles. The molecule has 1 aromatic rings. The lowest BCUT2D eigenvalue weighted by molar-refractivity contribution is -0.130. The zero-order chi connectivity index (χ0) is 13.1. The molecular formula is C13H14ClF2NO. The standard InChI is InChI=1S/C13H14ClF2NO/c14-8-11-2-1-5-17(11)13(18)6-9-3-4-10(15)7-12(9)16/h3-4,7,11H,1-2,5-6,8H2. The number of hydrogen-bond donors (Lipinski definition) is 0. The van der Waals surface area contributed by atoms with Crippen LogP contribution in [0.3, 0.4) is 0 Å². The molecule has 1 heterocycles. The highest BCUT2D eigenvalue weighted by molar-refractivity contribution is 6.18. The fraction of sp³-hybridized carbons (Fsp3) is 0.462. The molecule has 2 nitrogen and oxygen atoms in total. The third kappa shape index (κ3) is 2.80. The lowest BCUT2D eigenvalue weighted by Gasteiger charge is -2.23. The minimum absolute atomic E-state index is 0.0422. The van der Waals surface area contributed by atoms with E-state index in [-0.39, 0.29) is 23.9 Å². The molecule has 1 unspecified atom stereocenters. The Morgan fingerprint density at radius 2 is 2.22 bits per heavy atom. The second-order valence-electron chi connectivity index (χ2n) is 4.45. The third-order valence-electron chi connectivity index (χ3n) is 3.23. The van der Waals surface area contributed by atoms with Crippen molar-refractivity contribution in [2.45, 2.75) is 25.3 Å². The van der Waals surface area contributed by atoms with E-state index in [0.29, 0.717) is 12.4 Å². The number of benzene rings is 1. The first-order valence-electron chi connectivity index (χ1n) is 5.91. The number of carbonyl (C=O) groups excluding carboxylic acids is 1. The Hall–Kier alpha value is -1.16. The summed E-state index contributed by atoms with van der Waals surface area (Å²) in [5, 5.41) is 0. The number of amides is 1. The van der Waals surface area contributed by atoms with Gasteiger partial charge in [0.2, 0.25) is 5.91 Å². The smallest absolute Gasteiger partial charge is 0.227 e. The lowest BCUT2D eigenvalue weighted by atomic mass is 10.1. The summed E-state index contributed by atoms with van der Waals surface area (Å²) < 4.78 is 26.2. The fourth-order valence-corrected chi connectivity index (χ4v) is 2.57. The van der Waals surface area contributed by atoms with Crippen LogP contribution < -0.4 is 0 Å². The Labute approximate surface area is 110 Å². The van der Waals surface area contributed by atoms with Crippen LogP contribution in [-0.4, -0.2) is 29.3 Å². The van der Waals surface area contributed by atoms with Gasteiger partial charge in [-0.15, -0.1) is 11.6 Å². The van der Waals surface area contributed by atoms with Crippen molar-refractivity contribution >= 4 is 17.5 Å². The van der Waals surface area contributed by atoms with Crippen LogP contribution in [0, 0.1) is 11.6 Å². The van der Waals surface area contributed by atoms with Gasteiger partial charge in [-0.2, -0.15) is 0 Å². The number of rotatable bonds is 3. The molecule has 0 radical (unpaired) electrons. The molecule has 0 N–H and O–H groups in total. The molecule has 1 aromatic carbocycles. The van der Waals surface area contributed by atoms with E-state index in [4.69, 9.17) is 11.6 Å². The van der Waals surface area contributed by atoms with Gasteiger partial charge in [-0.05, 0) is 24.5 Å². The van der Waals surface area contributed by atoms with E-state index < -0.39 is 11.6 Å². The second-order valence-corrected chi connectivity index (χ2v) is 4.76. The van der Waals surface area contributed by atoms with Crippen LogP contribution in [-0.2, 0) is 11.2 Å². The van der Waals surface area contributed by atoms with Gasteiger partial charge in [-0.25, -0.2) is 8.78 Å². The summed E-state index contributed by atoms with van der Waals surface area (Å²) in [6, 6.07) is 3.32. The minimum atomic E-state index is -0.676. The Balaban J connectivity index is 2.07. The van der Waals surface area contributed by atoms with Gasteiger partial charge in [-0.1, -0.05) is 6.07 Å². The molecule has 0 aromatic heterocycles. The van der Waals surface area contributed by atoms with Crippen molar-refractivity contribution in [3.8, 4) is 0 Å². The molecule has 1 aliphatic heterocycles. The maximum atomic E-state index is 13.4. The average Bonchev–Trinajstić information content (AvgIpc) is 2.81. The van der Waals surface area contributed by atoms with Gasteiger partial charge in [0.1, 0.15) is 11.6 Å². The molecular weight excluding hydrogens is 260 g/mol. The van der Waals surface area contributed by atoms with Crippen molar-refractivity contribution in [2.24, 2.45) is 0 Å². The second kappa shape index (κ2) is 5.65. The van der Waals surface area contributed by atoms with E-state index in [0.717, 1.165) is 25.0 Å². The zero-order valence-corrected chi connectivity index (χ0v) is 10.6. The summed E-state index contributed by atoms with van der Waals surface area (Å²) in [7, 11) is 0. The molecule has 1 fully saturated rings. The molecule has 5 heteroatoms. The summed E-state index contributed by atoms with van der Waals surface area (Å²) in [6.45, 7) is 0.666. The fourth-order valence-electron chi connectivity index (χ4n) is 2.25. The maximum Gasteiger partial charge on any atom is 0.227 e. The van der Waals surface area contributed by atoms with Crippen molar-refractivity contribution < 1.29 is 13.6 Å². The molecule has 1 saturated heterocycles. The quantitative estimate of drug-likeness (QED) is 0.776. The molecule has 2 rings (SSSR count). The normalized spacial score (nSPS) is 19.3. The molecule has 0 aliphatic carbocycles. The largest absolute Gasteiger partial charge is 0.338 e. The van der Waals surface area contributed by atoms with Crippen LogP contribution in [0.25, 0.3) is 0 Å². The molecule has 0 bridgehead atoms. The summed E-state index contributed by atoms with van der Waals surface area (Å²) >= 11 is 5.78. The Morgan fingerprint density at radius 3 is 2.89 bits per heavy atom. The van der Waals surface area contributed by atoms with Crippen LogP contribution in [0.1, 0.15) is 18.4 Å². The van der Waals surface area contributed by atoms with Crippen LogP contribution in [0.2, 0.25) is 0 Å². The number of hydrogen-bond acceptors (Lipinski definition) is 1. The monoisotopic (exact) mass is 273 g/mol. The number of halogens is 3.